The summed E-state index contributed by atoms with van der Waals surface area (Å²) >= 11 is 1.31. The number of esters is 1. The van der Waals surface area contributed by atoms with Gasteiger partial charge in [-0.05, 0) is 6.07 Å². The average Bonchev–Trinajstić information content (AvgIpc) is 2.87. The van der Waals surface area contributed by atoms with Crippen LogP contribution >= 0.6 is 11.3 Å². The van der Waals surface area contributed by atoms with E-state index in [4.69, 9.17) is 5.26 Å². The maximum Gasteiger partial charge on any atom is 0.357 e. The zero-order valence-electron chi connectivity index (χ0n) is 9.01. The van der Waals surface area contributed by atoms with E-state index in [2.05, 4.69) is 15.8 Å². The monoisotopic (exact) mass is 244 g/mol. The van der Waals surface area contributed by atoms with Crippen molar-refractivity contribution >= 4 is 17.3 Å². The lowest BCUT2D eigenvalue weighted by Crippen LogP contribution is -2.01. The molecule has 0 aliphatic carbocycles. The van der Waals surface area contributed by atoms with Crippen molar-refractivity contribution < 1.29 is 9.53 Å². The SMILES string of the molecule is COC(=O)c1csc(-c2ccccc2C#N)n1. The van der Waals surface area contributed by atoms with Crippen molar-refractivity contribution in [3.63, 3.8) is 0 Å². The largest absolute Gasteiger partial charge is 0.464 e. The van der Waals surface area contributed by atoms with Gasteiger partial charge in [0.25, 0.3) is 0 Å². The van der Waals surface area contributed by atoms with Crippen molar-refractivity contribution in [1.82, 2.24) is 4.98 Å². The van der Waals surface area contributed by atoms with E-state index in [9.17, 15) is 4.79 Å². The van der Waals surface area contributed by atoms with Gasteiger partial charge in [0, 0.05) is 10.9 Å². The standard InChI is InChI=1S/C12H8N2O2S/c1-16-12(15)10-7-17-11(14-10)9-5-3-2-4-8(9)6-13/h2-5,7H,1H3. The van der Waals surface area contributed by atoms with Crippen molar-refractivity contribution in [2.75, 3.05) is 7.11 Å². The van der Waals surface area contributed by atoms with Crippen LogP contribution in [0.1, 0.15) is 16.1 Å². The van der Waals surface area contributed by atoms with E-state index in [1.54, 1.807) is 23.6 Å². The number of carbonyl (C=O) groups excluding carboxylic acids is 1. The highest BCUT2D eigenvalue weighted by atomic mass is 32.1. The van der Waals surface area contributed by atoms with Crippen LogP contribution in [0.3, 0.4) is 0 Å². The van der Waals surface area contributed by atoms with Gasteiger partial charge in [-0.1, -0.05) is 18.2 Å². The Morgan fingerprint density at radius 2 is 2.24 bits per heavy atom. The third kappa shape index (κ3) is 2.17. The van der Waals surface area contributed by atoms with E-state index in [-0.39, 0.29) is 5.69 Å². The molecule has 2 rings (SSSR count). The van der Waals surface area contributed by atoms with Crippen LogP contribution in [0.2, 0.25) is 0 Å². The highest BCUT2D eigenvalue weighted by Crippen LogP contribution is 2.26. The van der Waals surface area contributed by atoms with Gasteiger partial charge < -0.3 is 4.74 Å². The Morgan fingerprint density at radius 3 is 2.94 bits per heavy atom. The van der Waals surface area contributed by atoms with Crippen molar-refractivity contribution in [2.24, 2.45) is 0 Å². The second-order valence-corrected chi connectivity index (χ2v) is 4.04. The molecule has 17 heavy (non-hydrogen) atoms. The predicted molar refractivity (Wildman–Crippen MR) is 63.6 cm³/mol. The predicted octanol–water partition coefficient (Wildman–Crippen LogP) is 2.47. The Hall–Kier alpha value is -2.19. The molecule has 0 N–H and O–H groups in total. The molecule has 0 spiro atoms. The fourth-order valence-electron chi connectivity index (χ4n) is 1.36. The quantitative estimate of drug-likeness (QED) is 0.761. The molecule has 0 saturated carbocycles. The lowest BCUT2D eigenvalue weighted by atomic mass is 10.1. The van der Waals surface area contributed by atoms with E-state index in [0.717, 1.165) is 5.56 Å². The third-order valence-corrected chi connectivity index (χ3v) is 3.05. The van der Waals surface area contributed by atoms with Crippen molar-refractivity contribution in [1.29, 1.82) is 5.26 Å². The van der Waals surface area contributed by atoms with Gasteiger partial charge in [0.2, 0.25) is 0 Å². The molecule has 1 heterocycles. The number of methoxy groups -OCH3 is 1. The van der Waals surface area contributed by atoms with Gasteiger partial charge >= 0.3 is 5.97 Å². The summed E-state index contributed by atoms with van der Waals surface area (Å²) in [6.45, 7) is 0. The highest BCUT2D eigenvalue weighted by molar-refractivity contribution is 7.13. The van der Waals surface area contributed by atoms with Crippen LogP contribution < -0.4 is 0 Å². The Kier molecular flexibility index (Phi) is 3.17. The minimum absolute atomic E-state index is 0.264. The number of nitrogens with zero attached hydrogens (tertiary/aromatic N) is 2. The second kappa shape index (κ2) is 4.76. The van der Waals surface area contributed by atoms with Gasteiger partial charge in [0.1, 0.15) is 5.01 Å². The van der Waals surface area contributed by atoms with Crippen molar-refractivity contribution in [3.8, 4) is 16.6 Å². The zero-order valence-corrected chi connectivity index (χ0v) is 9.82. The number of carbonyl (C=O) groups is 1. The van der Waals surface area contributed by atoms with Crippen molar-refractivity contribution in [2.45, 2.75) is 0 Å². The number of aromatic nitrogens is 1. The molecular formula is C12H8N2O2S. The van der Waals surface area contributed by atoms with Gasteiger partial charge in [-0.3, -0.25) is 0 Å². The molecule has 0 aliphatic heterocycles. The molecule has 0 radical (unpaired) electrons. The van der Waals surface area contributed by atoms with Crippen LogP contribution in [0.25, 0.3) is 10.6 Å². The van der Waals surface area contributed by atoms with Crippen molar-refractivity contribution in [3.05, 3.63) is 40.9 Å². The fourth-order valence-corrected chi connectivity index (χ4v) is 2.19. The number of hydrogen-bond acceptors (Lipinski definition) is 5. The second-order valence-electron chi connectivity index (χ2n) is 3.19. The lowest BCUT2D eigenvalue weighted by molar-refractivity contribution is 0.0595. The van der Waals surface area contributed by atoms with E-state index in [1.807, 2.05) is 6.07 Å². The highest BCUT2D eigenvalue weighted by Gasteiger charge is 2.13. The van der Waals surface area contributed by atoms with E-state index < -0.39 is 5.97 Å². The van der Waals surface area contributed by atoms with Gasteiger partial charge in [-0.2, -0.15) is 5.26 Å². The van der Waals surface area contributed by atoms with E-state index >= 15 is 0 Å². The van der Waals surface area contributed by atoms with Crippen LogP contribution in [0.5, 0.6) is 0 Å². The molecule has 0 unspecified atom stereocenters. The van der Waals surface area contributed by atoms with E-state index in [1.165, 1.54) is 18.4 Å². The number of rotatable bonds is 2. The molecule has 0 saturated heterocycles. The van der Waals surface area contributed by atoms with Crippen LogP contribution in [-0.2, 0) is 4.74 Å². The normalized spacial score (nSPS) is 9.65. The number of thiazole rings is 1. The molecule has 0 bridgehead atoms. The molecule has 1 aromatic carbocycles. The van der Waals surface area contributed by atoms with Crippen LogP contribution in [0.15, 0.2) is 29.6 Å². The topological polar surface area (TPSA) is 63.0 Å². The maximum absolute atomic E-state index is 11.3. The van der Waals surface area contributed by atoms with Gasteiger partial charge in [-0.25, -0.2) is 9.78 Å². The summed E-state index contributed by atoms with van der Waals surface area (Å²) in [5, 5.41) is 11.2. The smallest absolute Gasteiger partial charge is 0.357 e. The molecular weight excluding hydrogens is 236 g/mol. The Bertz CT molecular complexity index is 599. The molecule has 0 amide bonds. The van der Waals surface area contributed by atoms with Crippen LogP contribution in [0, 0.1) is 11.3 Å². The summed E-state index contributed by atoms with van der Waals surface area (Å²) in [5.74, 6) is -0.470. The number of ether oxygens (including phenoxy) is 1. The minimum Gasteiger partial charge on any atom is -0.464 e. The molecule has 0 aliphatic rings. The maximum atomic E-state index is 11.3. The van der Waals surface area contributed by atoms with Gasteiger partial charge in [0.05, 0.1) is 18.7 Å². The molecule has 2 aromatic rings. The average molecular weight is 244 g/mol. The number of hydrogen-bond donors (Lipinski definition) is 0. The van der Waals surface area contributed by atoms with Crippen LogP contribution in [-0.4, -0.2) is 18.1 Å². The molecule has 1 aromatic heterocycles. The molecule has 0 fully saturated rings. The molecule has 5 heteroatoms. The first-order valence-electron chi connectivity index (χ1n) is 4.79. The summed E-state index contributed by atoms with van der Waals surface area (Å²) in [6, 6.07) is 9.24. The molecule has 84 valence electrons. The van der Waals surface area contributed by atoms with Gasteiger partial charge in [0.15, 0.2) is 5.69 Å². The first kappa shape index (κ1) is 11.3. The summed E-state index contributed by atoms with van der Waals surface area (Å²) in [5.41, 5.74) is 1.54. The summed E-state index contributed by atoms with van der Waals surface area (Å²) in [4.78, 5) is 15.4. The molecule has 0 atom stereocenters. The summed E-state index contributed by atoms with van der Waals surface area (Å²) in [6.07, 6.45) is 0. The Morgan fingerprint density at radius 1 is 1.47 bits per heavy atom. The van der Waals surface area contributed by atoms with Gasteiger partial charge in [-0.15, -0.1) is 11.3 Å². The molecule has 4 nitrogen and oxygen atoms in total. The minimum atomic E-state index is -0.470. The van der Waals surface area contributed by atoms with Crippen LogP contribution in [0.4, 0.5) is 0 Å². The van der Waals surface area contributed by atoms with E-state index in [0.29, 0.717) is 10.6 Å². The number of nitriles is 1. The Balaban J connectivity index is 2.44. The summed E-state index contributed by atoms with van der Waals surface area (Å²) < 4.78 is 4.58. The lowest BCUT2D eigenvalue weighted by Gasteiger charge is -1.98. The number of benzene rings is 1. The first-order chi connectivity index (χ1) is 8.26. The summed E-state index contributed by atoms with van der Waals surface area (Å²) in [7, 11) is 1.31. The fraction of sp³-hybridized carbons (Fsp3) is 0.0833. The third-order valence-electron chi connectivity index (χ3n) is 2.18. The Labute approximate surface area is 102 Å². The first-order valence-corrected chi connectivity index (χ1v) is 5.67. The zero-order chi connectivity index (χ0) is 12.3.